The van der Waals surface area contributed by atoms with E-state index in [-0.39, 0.29) is 0 Å². The van der Waals surface area contributed by atoms with Crippen molar-refractivity contribution in [3.05, 3.63) is 49.1 Å². The van der Waals surface area contributed by atoms with Crippen LogP contribution in [0, 0.1) is 35.5 Å². The summed E-state index contributed by atoms with van der Waals surface area (Å²) in [4.78, 5) is 4.59. The van der Waals surface area contributed by atoms with Crippen LogP contribution in [-0.2, 0) is 5.60 Å². The van der Waals surface area contributed by atoms with Gasteiger partial charge in [0.25, 0.3) is 0 Å². The number of rotatable bonds is 8. The van der Waals surface area contributed by atoms with E-state index in [0.29, 0.717) is 29.0 Å². The van der Waals surface area contributed by atoms with Crippen molar-refractivity contribution in [3.8, 4) is 0 Å². The molecule has 0 aromatic carbocycles. The topological polar surface area (TPSA) is 20.2 Å². The summed E-state index contributed by atoms with van der Waals surface area (Å²) in [5.41, 5.74) is 1.24. The van der Waals surface area contributed by atoms with Crippen LogP contribution in [0.2, 0.25) is 0 Å². The van der Waals surface area contributed by atoms with Gasteiger partial charge in [0.05, 0.1) is 0 Å². The normalized spacial score (nSPS) is 34.4. The molecule has 1 nitrogen and oxygen atoms in total. The van der Waals surface area contributed by atoms with E-state index in [0.717, 1.165) is 48.3 Å². The van der Waals surface area contributed by atoms with E-state index in [2.05, 4.69) is 54.1 Å². The Hall–Kier alpha value is -0.301. The molecule has 2 heterocycles. The average Bonchev–Trinajstić information content (AvgIpc) is 3.76. The van der Waals surface area contributed by atoms with Crippen LogP contribution in [0.1, 0.15) is 145 Å². The summed E-state index contributed by atoms with van der Waals surface area (Å²) in [6.45, 7) is 4.66. The third kappa shape index (κ3) is 8.88. The van der Waals surface area contributed by atoms with Gasteiger partial charge in [-0.25, -0.2) is 0 Å². The summed E-state index contributed by atoms with van der Waals surface area (Å²) in [5.74, 6) is 5.98. The zero-order valence-electron chi connectivity index (χ0n) is 26.2. The first-order valence-corrected chi connectivity index (χ1v) is 21.3. The quantitative estimate of drug-likeness (QED) is 0.274. The van der Waals surface area contributed by atoms with Gasteiger partial charge in [-0.05, 0) is 0 Å². The van der Waals surface area contributed by atoms with Crippen molar-refractivity contribution in [2.24, 2.45) is 35.5 Å². The maximum atomic E-state index is 10.9. The summed E-state index contributed by atoms with van der Waals surface area (Å²) in [5, 5.41) is 10.9. The summed E-state index contributed by atoms with van der Waals surface area (Å²) in [6, 6.07) is 8.91. The van der Waals surface area contributed by atoms with Crippen LogP contribution in [0.15, 0.2) is 40.2 Å². The first-order chi connectivity index (χ1) is 20.1. The van der Waals surface area contributed by atoms with Crippen molar-refractivity contribution in [1.82, 2.24) is 0 Å². The zero-order chi connectivity index (χ0) is 28.5. The van der Waals surface area contributed by atoms with Crippen LogP contribution in [0.3, 0.4) is 0 Å². The first kappa shape index (κ1) is 32.1. The van der Waals surface area contributed by atoms with Gasteiger partial charge in [0.15, 0.2) is 0 Å². The number of hydrogen-bond acceptors (Lipinski definition) is 1. The Morgan fingerprint density at radius 2 is 1.24 bits per heavy atom. The maximum absolute atomic E-state index is 10.9. The van der Waals surface area contributed by atoms with Gasteiger partial charge in [-0.1, -0.05) is 0 Å². The fraction of sp³-hybridized carbons (Fsp3) is 0.737. The van der Waals surface area contributed by atoms with Crippen molar-refractivity contribution < 1.29 is 5.11 Å². The second kappa shape index (κ2) is 16.1. The van der Waals surface area contributed by atoms with E-state index in [1.165, 1.54) is 114 Å². The molecule has 0 spiro atoms. The van der Waals surface area contributed by atoms with Gasteiger partial charge in [-0.3, -0.25) is 0 Å². The van der Waals surface area contributed by atoms with E-state index in [1.54, 1.807) is 10.0 Å². The van der Waals surface area contributed by atoms with Crippen LogP contribution >= 0.6 is 0 Å². The molecule has 0 saturated heterocycles. The Morgan fingerprint density at radius 1 is 0.683 bits per heavy atom. The molecule has 4 aliphatic carbocycles. The van der Waals surface area contributed by atoms with E-state index in [1.807, 2.05) is 0 Å². The molecule has 6 rings (SSSR count). The molecule has 2 aromatic rings. The van der Waals surface area contributed by atoms with Crippen LogP contribution in [0.4, 0.5) is 0 Å². The third-order valence-electron chi connectivity index (χ3n) is 11.6. The number of aliphatic hydroxyl groups is 1. The van der Waals surface area contributed by atoms with Crippen molar-refractivity contribution >= 4 is 34.6 Å². The standard InChI is InChI=1S/C19H30OSe.C19H28Se/c1-2-4-15-6-8-16(9-7-15)17-10-12-19(20,13-11-17)18-5-3-14-21-18;1-2-4-15-6-8-16(9-7-15)17-10-12-18(13-11-17)19-5-3-14-20-19/h3,5,14-17,20H,2,4,6-13H2,1H3;3,5,12,14-17H,2,4,6-11,13H2,1H3. The molecule has 4 aliphatic rings. The minimum atomic E-state index is -0.445. The van der Waals surface area contributed by atoms with E-state index >= 15 is 0 Å². The summed E-state index contributed by atoms with van der Waals surface area (Å²) >= 11 is 1.05. The van der Waals surface area contributed by atoms with Crippen LogP contribution in [0.5, 0.6) is 0 Å². The molecule has 0 radical (unpaired) electrons. The molecule has 3 fully saturated rings. The van der Waals surface area contributed by atoms with Gasteiger partial charge < -0.3 is 0 Å². The van der Waals surface area contributed by atoms with Crippen LogP contribution < -0.4 is 0 Å². The molecule has 228 valence electrons. The Balaban J connectivity index is 0.000000165. The molecule has 3 heteroatoms. The first-order valence-electron chi connectivity index (χ1n) is 17.6. The summed E-state index contributed by atoms with van der Waals surface area (Å²) in [6.07, 6.45) is 28.9. The van der Waals surface area contributed by atoms with Gasteiger partial charge in [-0.2, -0.15) is 0 Å². The monoisotopic (exact) mass is 690 g/mol. The molecule has 41 heavy (non-hydrogen) atoms. The molecule has 0 bridgehead atoms. The molecular weight excluding hydrogens is 630 g/mol. The number of allylic oxidation sites excluding steroid dienone is 2. The average molecular weight is 689 g/mol. The molecule has 1 atom stereocenters. The second-order valence-corrected chi connectivity index (χ2v) is 18.2. The van der Waals surface area contributed by atoms with Crippen molar-refractivity contribution in [2.75, 3.05) is 0 Å². The molecule has 1 unspecified atom stereocenters. The molecular formula is C38H58OSe2. The Bertz CT molecular complexity index is 997. The minimum absolute atomic E-state index is 0.416. The van der Waals surface area contributed by atoms with E-state index < -0.39 is 5.60 Å². The van der Waals surface area contributed by atoms with E-state index in [4.69, 9.17) is 0 Å². The third-order valence-corrected chi connectivity index (χ3v) is 15.9. The predicted molar refractivity (Wildman–Crippen MR) is 179 cm³/mol. The van der Waals surface area contributed by atoms with Crippen molar-refractivity contribution in [3.63, 3.8) is 0 Å². The Morgan fingerprint density at radius 3 is 1.73 bits per heavy atom. The van der Waals surface area contributed by atoms with Crippen LogP contribution in [0.25, 0.3) is 5.57 Å². The SMILES string of the molecule is CCCC1CCC(C2CC=C(c3ccc[se]3)CC2)CC1.CCCC1CCC(C2CCC(O)(c3ccc[se]3)CC2)CC1. The van der Waals surface area contributed by atoms with E-state index in [9.17, 15) is 5.11 Å². The molecule has 1 N–H and O–H groups in total. The van der Waals surface area contributed by atoms with Crippen molar-refractivity contribution in [2.45, 2.75) is 141 Å². The van der Waals surface area contributed by atoms with Crippen molar-refractivity contribution in [1.29, 1.82) is 0 Å². The summed E-state index contributed by atoms with van der Waals surface area (Å²) in [7, 11) is 0. The Labute approximate surface area is 264 Å². The Kier molecular flexibility index (Phi) is 12.6. The molecule has 3 saturated carbocycles. The number of hydrogen-bond donors (Lipinski definition) is 1. The van der Waals surface area contributed by atoms with Crippen LogP contribution in [-0.4, -0.2) is 34.1 Å². The fourth-order valence-electron chi connectivity index (χ4n) is 9.06. The second-order valence-electron chi connectivity index (χ2n) is 14.2. The van der Waals surface area contributed by atoms with Gasteiger partial charge in [0, 0.05) is 0 Å². The predicted octanol–water partition coefficient (Wildman–Crippen LogP) is 10.3. The van der Waals surface area contributed by atoms with Gasteiger partial charge in [-0.15, -0.1) is 0 Å². The molecule has 0 amide bonds. The van der Waals surface area contributed by atoms with Gasteiger partial charge >= 0.3 is 266 Å². The van der Waals surface area contributed by atoms with Gasteiger partial charge in [0.1, 0.15) is 0 Å². The zero-order valence-corrected chi connectivity index (χ0v) is 29.6. The fourth-order valence-corrected chi connectivity index (χ4v) is 12.6. The summed E-state index contributed by atoms with van der Waals surface area (Å²) < 4.78 is 2.99. The van der Waals surface area contributed by atoms with Gasteiger partial charge in [0.2, 0.25) is 0 Å². The molecule has 2 aromatic heterocycles. The molecule has 0 aliphatic heterocycles.